The molecule has 0 aliphatic carbocycles. The van der Waals surface area contributed by atoms with E-state index in [1.54, 1.807) is 6.20 Å². The van der Waals surface area contributed by atoms with Crippen LogP contribution in [0.5, 0.6) is 5.75 Å². The number of aromatic nitrogens is 2. The molecule has 3 N–H and O–H groups in total. The van der Waals surface area contributed by atoms with Crippen molar-refractivity contribution in [2.75, 3.05) is 6.54 Å². The molecule has 3 atom stereocenters. The van der Waals surface area contributed by atoms with Crippen LogP contribution in [0.3, 0.4) is 0 Å². The minimum absolute atomic E-state index is 0.0520. The predicted molar refractivity (Wildman–Crippen MR) is 113 cm³/mol. The molecule has 0 bridgehead atoms. The number of pyridine rings is 1. The number of carbonyl (C=O) groups excluding carboxylic acids is 1. The number of nitrogens with zero attached hydrogens (tertiary/aromatic N) is 1. The second-order valence-corrected chi connectivity index (χ2v) is 8.37. The lowest BCUT2D eigenvalue weighted by Gasteiger charge is -2.29. The van der Waals surface area contributed by atoms with Crippen LogP contribution in [0.2, 0.25) is 5.02 Å². The molecule has 0 spiro atoms. The highest BCUT2D eigenvalue weighted by Crippen LogP contribution is 2.43. The van der Waals surface area contributed by atoms with Crippen molar-refractivity contribution in [1.29, 1.82) is 0 Å². The van der Waals surface area contributed by atoms with Crippen LogP contribution in [0.15, 0.2) is 36.7 Å². The molecule has 2 aliphatic heterocycles. The maximum absolute atomic E-state index is 12.9. The zero-order valence-corrected chi connectivity index (χ0v) is 16.9. The number of fused-ring (bicyclic) bond motifs is 2. The van der Waals surface area contributed by atoms with Gasteiger partial charge in [-0.1, -0.05) is 11.6 Å². The Morgan fingerprint density at radius 2 is 2.21 bits per heavy atom. The fraction of sp³-hybridized carbons (Fsp3) is 0.364. The van der Waals surface area contributed by atoms with Crippen molar-refractivity contribution in [1.82, 2.24) is 20.6 Å². The van der Waals surface area contributed by atoms with E-state index in [9.17, 15) is 4.79 Å². The van der Waals surface area contributed by atoms with E-state index in [2.05, 4.69) is 27.5 Å². The van der Waals surface area contributed by atoms with Crippen LogP contribution >= 0.6 is 11.6 Å². The molecule has 1 amide bonds. The summed E-state index contributed by atoms with van der Waals surface area (Å²) in [5, 5.41) is 8.21. The lowest BCUT2D eigenvalue weighted by Crippen LogP contribution is -2.49. The smallest absolute Gasteiger partial charge is 0.261 e. The first kappa shape index (κ1) is 18.5. The minimum Gasteiger partial charge on any atom is -0.479 e. The first-order valence-corrected chi connectivity index (χ1v) is 10.4. The third kappa shape index (κ3) is 3.47. The number of hydrogen-bond donors (Lipinski definition) is 3. The zero-order valence-electron chi connectivity index (χ0n) is 16.2. The Morgan fingerprint density at radius 1 is 1.31 bits per heavy atom. The van der Waals surface area contributed by atoms with Crippen molar-refractivity contribution in [2.24, 2.45) is 0 Å². The largest absolute Gasteiger partial charge is 0.479 e. The molecule has 7 heteroatoms. The average molecular weight is 411 g/mol. The number of amides is 1. The van der Waals surface area contributed by atoms with Gasteiger partial charge in [0.25, 0.3) is 5.91 Å². The molecule has 1 saturated heterocycles. The van der Waals surface area contributed by atoms with Gasteiger partial charge in [-0.3, -0.25) is 4.79 Å². The number of carbonyl (C=O) groups is 1. The number of piperidine rings is 1. The van der Waals surface area contributed by atoms with Gasteiger partial charge in [-0.2, -0.15) is 0 Å². The number of ether oxygens (including phenoxy) is 1. The Bertz CT molecular complexity index is 1080. The minimum atomic E-state index is -0.532. The summed E-state index contributed by atoms with van der Waals surface area (Å²) in [4.78, 5) is 20.4. The molecule has 3 aromatic rings. The van der Waals surface area contributed by atoms with Gasteiger partial charge in [0.15, 0.2) is 6.10 Å². The van der Waals surface area contributed by atoms with E-state index in [1.165, 1.54) is 0 Å². The van der Waals surface area contributed by atoms with Crippen molar-refractivity contribution in [2.45, 2.75) is 44.4 Å². The molecule has 150 valence electrons. The topological polar surface area (TPSA) is 79.0 Å². The second-order valence-electron chi connectivity index (χ2n) is 7.94. The normalized spacial score (nSPS) is 23.6. The third-order valence-electron chi connectivity index (χ3n) is 5.81. The number of H-pyrrole nitrogens is 1. The van der Waals surface area contributed by atoms with E-state index < -0.39 is 6.10 Å². The van der Waals surface area contributed by atoms with Gasteiger partial charge >= 0.3 is 0 Å². The van der Waals surface area contributed by atoms with Gasteiger partial charge < -0.3 is 20.4 Å². The Kier molecular flexibility index (Phi) is 4.68. The second kappa shape index (κ2) is 7.35. The van der Waals surface area contributed by atoms with E-state index >= 15 is 0 Å². The zero-order chi connectivity index (χ0) is 20.0. The average Bonchev–Trinajstić information content (AvgIpc) is 3.34. The summed E-state index contributed by atoms with van der Waals surface area (Å²) in [6.45, 7) is 3.07. The van der Waals surface area contributed by atoms with Crippen LogP contribution in [-0.4, -0.2) is 40.6 Å². The van der Waals surface area contributed by atoms with Gasteiger partial charge in [0, 0.05) is 52.4 Å². The first-order chi connectivity index (χ1) is 14.1. The van der Waals surface area contributed by atoms with Crippen molar-refractivity contribution < 1.29 is 9.53 Å². The maximum atomic E-state index is 12.9. The Labute approximate surface area is 174 Å². The van der Waals surface area contributed by atoms with Crippen molar-refractivity contribution in [3.63, 3.8) is 0 Å². The highest BCUT2D eigenvalue weighted by atomic mass is 35.5. The molecule has 0 saturated carbocycles. The molecule has 6 nitrogen and oxygen atoms in total. The maximum Gasteiger partial charge on any atom is 0.261 e. The summed E-state index contributed by atoms with van der Waals surface area (Å²) in [6.07, 6.45) is 5.50. The summed E-state index contributed by atoms with van der Waals surface area (Å²) in [5.41, 5.74) is 3.66. The van der Waals surface area contributed by atoms with Crippen LogP contribution in [0.4, 0.5) is 0 Å². The van der Waals surface area contributed by atoms with Crippen LogP contribution in [0.1, 0.15) is 25.3 Å². The molecule has 2 aromatic heterocycles. The summed E-state index contributed by atoms with van der Waals surface area (Å²) >= 11 is 6.42. The molecule has 5 rings (SSSR count). The van der Waals surface area contributed by atoms with E-state index in [0.717, 1.165) is 52.9 Å². The van der Waals surface area contributed by atoms with E-state index in [4.69, 9.17) is 16.3 Å². The van der Waals surface area contributed by atoms with E-state index in [1.807, 2.05) is 30.5 Å². The fourth-order valence-corrected chi connectivity index (χ4v) is 4.66. The van der Waals surface area contributed by atoms with E-state index in [0.29, 0.717) is 17.5 Å². The predicted octanol–water partition coefficient (Wildman–Crippen LogP) is 3.44. The van der Waals surface area contributed by atoms with Crippen LogP contribution in [0, 0.1) is 0 Å². The van der Waals surface area contributed by atoms with Gasteiger partial charge in [-0.05, 0) is 56.1 Å². The summed E-state index contributed by atoms with van der Waals surface area (Å²) in [7, 11) is 0. The third-order valence-corrected chi connectivity index (χ3v) is 6.03. The fourth-order valence-electron chi connectivity index (χ4n) is 4.42. The van der Waals surface area contributed by atoms with Gasteiger partial charge in [0.05, 0.1) is 0 Å². The number of halogens is 1. The van der Waals surface area contributed by atoms with Gasteiger partial charge in [0.2, 0.25) is 0 Å². The molecule has 1 aromatic carbocycles. The van der Waals surface area contributed by atoms with Crippen LogP contribution < -0.4 is 15.4 Å². The summed E-state index contributed by atoms with van der Waals surface area (Å²) < 4.78 is 6.19. The molecule has 4 heterocycles. The lowest BCUT2D eigenvalue weighted by molar-refractivity contribution is -0.128. The highest BCUT2D eigenvalue weighted by Gasteiger charge is 2.33. The molecule has 1 fully saturated rings. The number of nitrogens with one attached hydrogen (secondary N) is 3. The number of rotatable bonds is 3. The first-order valence-electron chi connectivity index (χ1n) is 10.0. The molecule has 29 heavy (non-hydrogen) atoms. The van der Waals surface area contributed by atoms with Crippen molar-refractivity contribution in [3.05, 3.63) is 47.2 Å². The van der Waals surface area contributed by atoms with Gasteiger partial charge in [0.1, 0.15) is 11.4 Å². The molecular weight excluding hydrogens is 388 g/mol. The van der Waals surface area contributed by atoms with E-state index in [-0.39, 0.29) is 11.9 Å². The van der Waals surface area contributed by atoms with Crippen LogP contribution in [0.25, 0.3) is 22.2 Å². The lowest BCUT2D eigenvalue weighted by atomic mass is 9.98. The molecule has 2 aliphatic rings. The Hall–Kier alpha value is -2.57. The monoisotopic (exact) mass is 410 g/mol. The number of aromatic amines is 1. The van der Waals surface area contributed by atoms with Crippen molar-refractivity contribution >= 4 is 28.5 Å². The Morgan fingerprint density at radius 3 is 3.07 bits per heavy atom. The summed E-state index contributed by atoms with van der Waals surface area (Å²) in [6, 6.07) is 8.34. The van der Waals surface area contributed by atoms with Crippen LogP contribution in [-0.2, 0) is 11.2 Å². The molecule has 0 radical (unpaired) electrons. The Balaban J connectivity index is 1.43. The number of hydrogen-bond acceptors (Lipinski definition) is 4. The quantitative estimate of drug-likeness (QED) is 0.618. The summed E-state index contributed by atoms with van der Waals surface area (Å²) in [5.74, 6) is 0.686. The van der Waals surface area contributed by atoms with Gasteiger partial charge in [-0.15, -0.1) is 0 Å². The van der Waals surface area contributed by atoms with Gasteiger partial charge in [-0.25, -0.2) is 4.98 Å². The van der Waals surface area contributed by atoms with Crippen molar-refractivity contribution in [3.8, 4) is 16.9 Å². The SMILES string of the molecule is C[C@@H]1C[C@H](NC(=O)C2Cc3cc(Cl)cc(-c4ccnc5[nH]ccc45)c3O2)CCN1. The highest BCUT2D eigenvalue weighted by molar-refractivity contribution is 6.31. The standard InChI is InChI=1S/C22H23ClN4O2/c1-12-8-15(2-5-24-12)27-22(28)19-10-13-9-14(23)11-18(20(13)29-19)16-3-6-25-21-17(16)4-7-26-21/h3-4,6-7,9,11-12,15,19,24H,2,5,8,10H2,1H3,(H,25,26)(H,27,28)/t12-,15-,19?/m1/s1. The number of benzene rings is 1. The molecular formula is C22H23ClN4O2. The molecule has 1 unspecified atom stereocenters.